The molecule has 1 amide bonds. The molecule has 2 aromatic rings. The van der Waals surface area contributed by atoms with Crippen LogP contribution < -0.4 is 15.8 Å². The number of aromatic amines is 1. The second-order valence-electron chi connectivity index (χ2n) is 7.08. The van der Waals surface area contributed by atoms with Crippen molar-refractivity contribution in [3.63, 3.8) is 0 Å². The first-order valence-corrected chi connectivity index (χ1v) is 9.36. The number of anilines is 1. The van der Waals surface area contributed by atoms with E-state index in [1.807, 2.05) is 24.3 Å². The lowest BCUT2D eigenvalue weighted by atomic mass is 10.1. The van der Waals surface area contributed by atoms with Crippen LogP contribution in [0.5, 0.6) is 0 Å². The SMILES string of the molecule is O=C(NC[C@@H]1CCN(c2cccc(Cl)c2)C1)c1cnc(C2CC2)[nH]c1=O. The van der Waals surface area contributed by atoms with E-state index >= 15 is 0 Å². The number of benzene rings is 1. The minimum absolute atomic E-state index is 0.0825. The van der Waals surface area contributed by atoms with E-state index in [2.05, 4.69) is 20.2 Å². The van der Waals surface area contributed by atoms with E-state index in [1.165, 1.54) is 6.20 Å². The number of rotatable bonds is 5. The highest BCUT2D eigenvalue weighted by Crippen LogP contribution is 2.37. The summed E-state index contributed by atoms with van der Waals surface area (Å²) in [6.45, 7) is 2.33. The van der Waals surface area contributed by atoms with Gasteiger partial charge in [0.15, 0.2) is 0 Å². The molecule has 1 aliphatic heterocycles. The third kappa shape index (κ3) is 3.75. The molecule has 1 saturated heterocycles. The Morgan fingerprint density at radius 2 is 2.19 bits per heavy atom. The third-order valence-corrected chi connectivity index (χ3v) is 5.27. The maximum atomic E-state index is 12.3. The molecule has 2 aliphatic rings. The average molecular weight is 373 g/mol. The van der Waals surface area contributed by atoms with Gasteiger partial charge in [-0.25, -0.2) is 4.98 Å². The van der Waals surface area contributed by atoms with Gasteiger partial charge < -0.3 is 15.2 Å². The van der Waals surface area contributed by atoms with Gasteiger partial charge in [-0.1, -0.05) is 17.7 Å². The van der Waals surface area contributed by atoms with Crippen molar-refractivity contribution in [2.75, 3.05) is 24.5 Å². The Bertz CT molecular complexity index is 878. The summed E-state index contributed by atoms with van der Waals surface area (Å²) in [4.78, 5) is 33.6. The van der Waals surface area contributed by atoms with E-state index in [0.29, 0.717) is 24.2 Å². The van der Waals surface area contributed by atoms with Crippen LogP contribution in [0.2, 0.25) is 5.02 Å². The monoisotopic (exact) mass is 372 g/mol. The van der Waals surface area contributed by atoms with Crippen LogP contribution in [-0.2, 0) is 0 Å². The molecule has 1 saturated carbocycles. The molecule has 2 fully saturated rings. The summed E-state index contributed by atoms with van der Waals surface area (Å²) in [5.74, 6) is 1.04. The van der Waals surface area contributed by atoms with Crippen LogP contribution in [0.4, 0.5) is 5.69 Å². The maximum absolute atomic E-state index is 12.3. The molecule has 0 bridgehead atoms. The van der Waals surface area contributed by atoms with Gasteiger partial charge in [0.2, 0.25) is 0 Å². The van der Waals surface area contributed by atoms with Crippen molar-refractivity contribution in [1.29, 1.82) is 0 Å². The lowest BCUT2D eigenvalue weighted by molar-refractivity contribution is 0.0946. The van der Waals surface area contributed by atoms with E-state index < -0.39 is 0 Å². The van der Waals surface area contributed by atoms with Crippen molar-refractivity contribution in [1.82, 2.24) is 15.3 Å². The number of aromatic nitrogens is 2. The topological polar surface area (TPSA) is 78.1 Å². The second-order valence-corrected chi connectivity index (χ2v) is 7.51. The lowest BCUT2D eigenvalue weighted by Crippen LogP contribution is -2.34. The van der Waals surface area contributed by atoms with Crippen molar-refractivity contribution in [2.45, 2.75) is 25.2 Å². The summed E-state index contributed by atoms with van der Waals surface area (Å²) in [5.41, 5.74) is 0.827. The van der Waals surface area contributed by atoms with Gasteiger partial charge in [0.1, 0.15) is 11.4 Å². The zero-order chi connectivity index (χ0) is 18.1. The van der Waals surface area contributed by atoms with Gasteiger partial charge in [-0.05, 0) is 43.4 Å². The van der Waals surface area contributed by atoms with Gasteiger partial charge in [0, 0.05) is 42.5 Å². The zero-order valence-corrected chi connectivity index (χ0v) is 15.1. The fourth-order valence-electron chi connectivity index (χ4n) is 3.37. The van der Waals surface area contributed by atoms with Crippen LogP contribution in [0.1, 0.15) is 41.4 Å². The molecule has 0 unspecified atom stereocenters. The van der Waals surface area contributed by atoms with Crippen molar-refractivity contribution in [2.24, 2.45) is 5.92 Å². The predicted octanol–water partition coefficient (Wildman–Crippen LogP) is 2.56. The highest BCUT2D eigenvalue weighted by Gasteiger charge is 2.27. The Hall–Kier alpha value is -2.34. The second kappa shape index (κ2) is 7.11. The smallest absolute Gasteiger partial charge is 0.263 e. The lowest BCUT2D eigenvalue weighted by Gasteiger charge is -2.19. The molecule has 4 rings (SSSR count). The molecule has 0 spiro atoms. The van der Waals surface area contributed by atoms with Gasteiger partial charge >= 0.3 is 0 Å². The van der Waals surface area contributed by atoms with Gasteiger partial charge in [0.05, 0.1) is 0 Å². The van der Waals surface area contributed by atoms with Crippen LogP contribution in [0.25, 0.3) is 0 Å². The first-order chi connectivity index (χ1) is 12.6. The average Bonchev–Trinajstić information content (AvgIpc) is 3.37. The van der Waals surface area contributed by atoms with Gasteiger partial charge in [0.25, 0.3) is 11.5 Å². The Labute approximate surface area is 156 Å². The number of carbonyl (C=O) groups excluding carboxylic acids is 1. The Balaban J connectivity index is 1.33. The number of nitrogens with one attached hydrogen (secondary N) is 2. The van der Waals surface area contributed by atoms with E-state index in [9.17, 15) is 9.59 Å². The molecule has 2 N–H and O–H groups in total. The van der Waals surface area contributed by atoms with E-state index in [-0.39, 0.29) is 17.0 Å². The van der Waals surface area contributed by atoms with Crippen LogP contribution in [0.15, 0.2) is 35.3 Å². The van der Waals surface area contributed by atoms with Gasteiger partial charge in [-0.2, -0.15) is 0 Å². The summed E-state index contributed by atoms with van der Waals surface area (Å²) in [7, 11) is 0. The van der Waals surface area contributed by atoms with Crippen LogP contribution >= 0.6 is 11.6 Å². The Morgan fingerprint density at radius 1 is 1.35 bits per heavy atom. The maximum Gasteiger partial charge on any atom is 0.263 e. The molecule has 7 heteroatoms. The highest BCUT2D eigenvalue weighted by atomic mass is 35.5. The first kappa shape index (κ1) is 17.1. The van der Waals surface area contributed by atoms with E-state index in [4.69, 9.17) is 11.6 Å². The summed E-state index contributed by atoms with van der Waals surface area (Å²) < 4.78 is 0. The minimum Gasteiger partial charge on any atom is -0.371 e. The first-order valence-electron chi connectivity index (χ1n) is 8.98. The van der Waals surface area contributed by atoms with Crippen LogP contribution in [0, 0.1) is 5.92 Å². The summed E-state index contributed by atoms with van der Waals surface area (Å²) in [6.07, 6.45) is 4.50. The van der Waals surface area contributed by atoms with Crippen LogP contribution in [0.3, 0.4) is 0 Å². The molecule has 136 valence electrons. The van der Waals surface area contributed by atoms with Crippen molar-refractivity contribution >= 4 is 23.2 Å². The number of nitrogens with zero attached hydrogens (tertiary/aromatic N) is 2. The molecule has 1 atom stereocenters. The number of carbonyl (C=O) groups is 1. The van der Waals surface area contributed by atoms with Crippen molar-refractivity contribution in [3.05, 3.63) is 57.2 Å². The molecule has 1 aliphatic carbocycles. The fraction of sp³-hybridized carbons (Fsp3) is 0.421. The molecule has 26 heavy (non-hydrogen) atoms. The molecular formula is C19H21ClN4O2. The van der Waals surface area contributed by atoms with Gasteiger partial charge in [-0.15, -0.1) is 0 Å². The van der Waals surface area contributed by atoms with Gasteiger partial charge in [-0.3, -0.25) is 9.59 Å². The Kier molecular flexibility index (Phi) is 4.68. The highest BCUT2D eigenvalue weighted by molar-refractivity contribution is 6.30. The van der Waals surface area contributed by atoms with E-state index in [0.717, 1.165) is 43.1 Å². The van der Waals surface area contributed by atoms with E-state index in [1.54, 1.807) is 0 Å². The normalized spacial score (nSPS) is 19.6. The minimum atomic E-state index is -0.359. The number of hydrogen-bond donors (Lipinski definition) is 2. The third-order valence-electron chi connectivity index (χ3n) is 5.04. The van der Waals surface area contributed by atoms with Crippen LogP contribution in [-0.4, -0.2) is 35.5 Å². The number of amides is 1. The number of halogens is 1. The number of hydrogen-bond acceptors (Lipinski definition) is 4. The predicted molar refractivity (Wildman–Crippen MR) is 101 cm³/mol. The molecule has 1 aromatic carbocycles. The number of H-pyrrole nitrogens is 1. The van der Waals surface area contributed by atoms with Crippen molar-refractivity contribution in [3.8, 4) is 0 Å². The molecule has 2 heterocycles. The fourth-order valence-corrected chi connectivity index (χ4v) is 3.56. The summed E-state index contributed by atoms with van der Waals surface area (Å²) in [5, 5.41) is 3.60. The molecule has 1 aromatic heterocycles. The largest absolute Gasteiger partial charge is 0.371 e. The molecule has 0 radical (unpaired) electrons. The quantitative estimate of drug-likeness (QED) is 0.845. The Morgan fingerprint density at radius 3 is 2.92 bits per heavy atom. The molecular weight excluding hydrogens is 352 g/mol. The summed E-state index contributed by atoms with van der Waals surface area (Å²) in [6, 6.07) is 7.80. The zero-order valence-electron chi connectivity index (χ0n) is 14.4. The summed E-state index contributed by atoms with van der Waals surface area (Å²) >= 11 is 6.06. The molecule has 6 nitrogen and oxygen atoms in total. The standard InChI is InChI=1S/C19H21ClN4O2/c20-14-2-1-3-15(8-14)24-7-6-12(11-24)9-22-18(25)16-10-21-17(13-4-5-13)23-19(16)26/h1-3,8,10,12-13H,4-7,9,11H2,(H,22,25)(H,21,23,26)/t12-/m0/s1. The van der Waals surface area contributed by atoms with Crippen molar-refractivity contribution < 1.29 is 4.79 Å².